The van der Waals surface area contributed by atoms with Gasteiger partial charge < -0.3 is 24.1 Å². The molecule has 0 fully saturated rings. The fraction of sp³-hybridized carbons (Fsp3) is 0.200. The summed E-state index contributed by atoms with van der Waals surface area (Å²) in [6.07, 6.45) is 4.59. The highest BCUT2D eigenvalue weighted by atomic mass is 19.1. The van der Waals surface area contributed by atoms with Crippen LogP contribution < -0.4 is 19.5 Å². The minimum atomic E-state index is -0.759. The average molecular weight is 430 g/mol. The number of nitrogens with one attached hydrogen (secondary N) is 1. The Morgan fingerprint density at radius 3 is 2.48 bits per heavy atom. The van der Waals surface area contributed by atoms with Crippen molar-refractivity contribution >= 4 is 11.6 Å². The lowest BCUT2D eigenvalue weighted by atomic mass is 10.1. The first-order valence-electron chi connectivity index (χ1n) is 8.93. The molecule has 11 heteroatoms. The van der Waals surface area contributed by atoms with E-state index < -0.39 is 22.3 Å². The Bertz CT molecular complexity index is 1120. The zero-order valence-electron chi connectivity index (χ0n) is 16.9. The zero-order chi connectivity index (χ0) is 22.5. The minimum Gasteiger partial charge on any atom is -0.493 e. The topological polar surface area (TPSA) is 118 Å². The van der Waals surface area contributed by atoms with Crippen molar-refractivity contribution in [2.24, 2.45) is 0 Å². The number of aromatic nitrogens is 2. The zero-order valence-corrected chi connectivity index (χ0v) is 16.9. The van der Waals surface area contributed by atoms with Gasteiger partial charge in [0, 0.05) is 25.0 Å². The summed E-state index contributed by atoms with van der Waals surface area (Å²) in [5.41, 5.74) is -0.0908. The number of imidazole rings is 1. The first-order chi connectivity index (χ1) is 14.9. The third kappa shape index (κ3) is 4.25. The molecule has 0 atom stereocenters. The second-order valence-electron chi connectivity index (χ2n) is 6.24. The second-order valence-corrected chi connectivity index (χ2v) is 6.24. The molecular weight excluding hydrogens is 411 g/mol. The van der Waals surface area contributed by atoms with Crippen molar-refractivity contribution in [2.75, 3.05) is 21.3 Å². The molecule has 0 aliphatic rings. The van der Waals surface area contributed by atoms with Crippen molar-refractivity contribution in [3.8, 4) is 22.9 Å². The maximum atomic E-state index is 14.4. The van der Waals surface area contributed by atoms with Crippen molar-refractivity contribution in [2.45, 2.75) is 6.54 Å². The van der Waals surface area contributed by atoms with Gasteiger partial charge in [-0.1, -0.05) is 6.07 Å². The molecule has 0 aliphatic carbocycles. The van der Waals surface area contributed by atoms with Gasteiger partial charge in [0.25, 0.3) is 5.91 Å². The molecule has 3 aromatic rings. The lowest BCUT2D eigenvalue weighted by molar-refractivity contribution is -0.386. The Balaban J connectivity index is 1.88. The summed E-state index contributed by atoms with van der Waals surface area (Å²) in [6.45, 7) is -0.0617. The number of nitro benzene ring substituents is 1. The number of ether oxygens (including phenoxy) is 3. The summed E-state index contributed by atoms with van der Waals surface area (Å²) in [5, 5.41) is 14.2. The smallest absolute Gasteiger partial charge is 0.327 e. The number of nitro groups is 1. The number of halogens is 1. The standard InChI is InChI=1S/C20H19FN4O6/c1-29-16-9-13(17(25(27)28)19(31-3)18(16)30-2)20(26)23-10-12-4-5-15(14(21)8-12)24-7-6-22-11-24/h4-9,11H,10H2,1-3H3,(H,23,26). The maximum Gasteiger partial charge on any atom is 0.327 e. The number of carbonyl (C=O) groups excluding carboxylic acids is 1. The first kappa shape index (κ1) is 21.6. The SMILES string of the molecule is COc1cc(C(=O)NCc2ccc(-n3ccnc3)c(F)c2)c([N+](=O)[O-])c(OC)c1OC. The molecule has 1 heterocycles. The van der Waals surface area contributed by atoms with E-state index in [1.807, 2.05) is 0 Å². The summed E-state index contributed by atoms with van der Waals surface area (Å²) in [5.74, 6) is -1.43. The number of hydrogen-bond acceptors (Lipinski definition) is 7. The van der Waals surface area contributed by atoms with Gasteiger partial charge >= 0.3 is 5.69 Å². The predicted molar refractivity (Wildman–Crippen MR) is 107 cm³/mol. The first-order valence-corrected chi connectivity index (χ1v) is 8.93. The quantitative estimate of drug-likeness (QED) is 0.431. The highest BCUT2D eigenvalue weighted by molar-refractivity contribution is 6.00. The Kier molecular flexibility index (Phi) is 6.34. The molecule has 0 unspecified atom stereocenters. The average Bonchev–Trinajstić information content (AvgIpc) is 3.30. The van der Waals surface area contributed by atoms with E-state index in [-0.39, 0.29) is 29.4 Å². The van der Waals surface area contributed by atoms with Gasteiger partial charge in [0.05, 0.1) is 38.3 Å². The summed E-state index contributed by atoms with van der Waals surface area (Å²) in [4.78, 5) is 27.5. The van der Waals surface area contributed by atoms with Crippen LogP contribution in [0, 0.1) is 15.9 Å². The number of benzene rings is 2. The monoisotopic (exact) mass is 430 g/mol. The van der Waals surface area contributed by atoms with Crippen molar-refractivity contribution in [3.05, 3.63) is 70.0 Å². The van der Waals surface area contributed by atoms with Gasteiger partial charge in [-0.3, -0.25) is 14.9 Å². The summed E-state index contributed by atoms with van der Waals surface area (Å²) in [6, 6.07) is 5.62. The molecule has 3 rings (SSSR count). The third-order valence-corrected chi connectivity index (χ3v) is 4.48. The van der Waals surface area contributed by atoms with Crippen LogP contribution in [-0.2, 0) is 6.54 Å². The van der Waals surface area contributed by atoms with Crippen LogP contribution >= 0.6 is 0 Å². The van der Waals surface area contributed by atoms with E-state index in [4.69, 9.17) is 14.2 Å². The van der Waals surface area contributed by atoms with E-state index in [0.29, 0.717) is 11.3 Å². The van der Waals surface area contributed by atoms with Crippen LogP contribution in [0.25, 0.3) is 5.69 Å². The van der Waals surface area contributed by atoms with Gasteiger partial charge in [0.2, 0.25) is 11.5 Å². The Morgan fingerprint density at radius 1 is 1.19 bits per heavy atom. The summed E-state index contributed by atoms with van der Waals surface area (Å²) in [7, 11) is 3.85. The van der Waals surface area contributed by atoms with Gasteiger partial charge in [0.15, 0.2) is 5.75 Å². The molecule has 0 saturated carbocycles. The van der Waals surface area contributed by atoms with E-state index in [0.717, 1.165) is 0 Å². The maximum absolute atomic E-state index is 14.4. The number of nitrogens with zero attached hydrogens (tertiary/aromatic N) is 3. The van der Waals surface area contributed by atoms with E-state index in [1.165, 1.54) is 50.6 Å². The number of amides is 1. The number of rotatable bonds is 8. The third-order valence-electron chi connectivity index (χ3n) is 4.48. The van der Waals surface area contributed by atoms with Crippen LogP contribution in [0.4, 0.5) is 10.1 Å². The molecule has 0 spiro atoms. The Labute approximate surface area is 176 Å². The molecule has 2 aromatic carbocycles. The Morgan fingerprint density at radius 2 is 1.94 bits per heavy atom. The van der Waals surface area contributed by atoms with E-state index in [2.05, 4.69) is 10.3 Å². The molecule has 1 aromatic heterocycles. The summed E-state index contributed by atoms with van der Waals surface area (Å²) >= 11 is 0. The van der Waals surface area contributed by atoms with Gasteiger partial charge in [-0.05, 0) is 17.7 Å². The normalized spacial score (nSPS) is 10.5. The largest absolute Gasteiger partial charge is 0.493 e. The van der Waals surface area contributed by atoms with Crippen molar-refractivity contribution < 1.29 is 28.3 Å². The van der Waals surface area contributed by atoms with Gasteiger partial charge in [0.1, 0.15) is 11.4 Å². The highest BCUT2D eigenvalue weighted by Gasteiger charge is 2.32. The van der Waals surface area contributed by atoms with Gasteiger partial charge in [-0.2, -0.15) is 0 Å². The van der Waals surface area contributed by atoms with Gasteiger partial charge in [-0.15, -0.1) is 0 Å². The van der Waals surface area contributed by atoms with Crippen molar-refractivity contribution in [1.29, 1.82) is 0 Å². The number of hydrogen-bond donors (Lipinski definition) is 1. The minimum absolute atomic E-state index is 0.00888. The molecule has 162 valence electrons. The molecular formula is C20H19FN4O6. The molecule has 0 bridgehead atoms. The van der Waals surface area contributed by atoms with E-state index in [1.54, 1.807) is 18.3 Å². The Hall–Kier alpha value is -4.15. The second kappa shape index (κ2) is 9.11. The lowest BCUT2D eigenvalue weighted by Crippen LogP contribution is -2.24. The van der Waals surface area contributed by atoms with Gasteiger partial charge in [-0.25, -0.2) is 9.37 Å². The van der Waals surface area contributed by atoms with Crippen LogP contribution in [0.2, 0.25) is 0 Å². The van der Waals surface area contributed by atoms with Crippen molar-refractivity contribution in [3.63, 3.8) is 0 Å². The number of carbonyl (C=O) groups is 1. The van der Waals surface area contributed by atoms with Crippen LogP contribution in [0.1, 0.15) is 15.9 Å². The lowest BCUT2D eigenvalue weighted by Gasteiger charge is -2.15. The molecule has 0 aliphatic heterocycles. The highest BCUT2D eigenvalue weighted by Crippen LogP contribution is 2.46. The fourth-order valence-corrected chi connectivity index (χ4v) is 3.04. The molecule has 0 radical (unpaired) electrons. The fourth-order valence-electron chi connectivity index (χ4n) is 3.04. The van der Waals surface area contributed by atoms with Crippen LogP contribution in [0.5, 0.6) is 17.2 Å². The van der Waals surface area contributed by atoms with Crippen molar-refractivity contribution in [1.82, 2.24) is 14.9 Å². The van der Waals surface area contributed by atoms with Crippen LogP contribution in [0.15, 0.2) is 43.0 Å². The molecule has 1 N–H and O–H groups in total. The van der Waals surface area contributed by atoms with Crippen LogP contribution in [0.3, 0.4) is 0 Å². The van der Waals surface area contributed by atoms with E-state index in [9.17, 15) is 19.3 Å². The van der Waals surface area contributed by atoms with Crippen LogP contribution in [-0.4, -0.2) is 41.7 Å². The van der Waals surface area contributed by atoms with E-state index >= 15 is 0 Å². The molecule has 10 nitrogen and oxygen atoms in total. The summed E-state index contributed by atoms with van der Waals surface area (Å²) < 4.78 is 31.3. The predicted octanol–water partition coefficient (Wildman–Crippen LogP) is 2.88. The molecule has 1 amide bonds. The molecule has 0 saturated heterocycles. The molecule has 31 heavy (non-hydrogen) atoms. The number of methoxy groups -OCH3 is 3.